The summed E-state index contributed by atoms with van der Waals surface area (Å²) in [4.78, 5) is 11.2. The topological polar surface area (TPSA) is 80.4 Å². The molecule has 0 heterocycles. The number of aliphatic carboxylic acids is 1. The van der Waals surface area contributed by atoms with Gasteiger partial charge in [-0.15, -0.1) is 0 Å². The Balaban J connectivity index is 2.25. The third-order valence-corrected chi connectivity index (χ3v) is 4.07. The van der Waals surface area contributed by atoms with E-state index in [-0.39, 0.29) is 5.75 Å². The number of carboxylic acid groups (broad SMARTS) is 1. The van der Waals surface area contributed by atoms with Crippen molar-refractivity contribution in [2.75, 3.05) is 5.75 Å². The molecule has 0 saturated carbocycles. The van der Waals surface area contributed by atoms with Crippen molar-refractivity contribution in [2.45, 2.75) is 10.9 Å². The number of nitrogens with two attached hydrogens (primary N) is 1. The zero-order valence-corrected chi connectivity index (χ0v) is 10.4. The van der Waals surface area contributed by atoms with Crippen LogP contribution in [0, 0.1) is 0 Å². The molecule has 94 valence electrons. The quantitative estimate of drug-likeness (QED) is 0.872. The highest BCUT2D eigenvalue weighted by atomic mass is 32.2. The first-order valence-corrected chi connectivity index (χ1v) is 6.75. The summed E-state index contributed by atoms with van der Waals surface area (Å²) in [5.74, 6) is -1.21. The predicted octanol–water partition coefficient (Wildman–Crippen LogP) is 1.36. The molecule has 0 bridgehead atoms. The van der Waals surface area contributed by atoms with Crippen LogP contribution in [0.15, 0.2) is 47.4 Å². The molecular formula is C13H13NO3S. The lowest BCUT2D eigenvalue weighted by Crippen LogP contribution is -2.35. The molecule has 18 heavy (non-hydrogen) atoms. The van der Waals surface area contributed by atoms with Crippen LogP contribution in [0.5, 0.6) is 0 Å². The summed E-state index contributed by atoms with van der Waals surface area (Å²) in [6.45, 7) is 0. The normalized spacial score (nSPS) is 14.3. The van der Waals surface area contributed by atoms with Crippen molar-refractivity contribution >= 4 is 27.5 Å². The van der Waals surface area contributed by atoms with Crippen molar-refractivity contribution < 1.29 is 14.1 Å². The molecule has 0 aliphatic carbocycles. The van der Waals surface area contributed by atoms with E-state index in [0.29, 0.717) is 4.90 Å². The van der Waals surface area contributed by atoms with Crippen LogP contribution < -0.4 is 5.73 Å². The molecule has 2 aromatic carbocycles. The number of benzene rings is 2. The summed E-state index contributed by atoms with van der Waals surface area (Å²) in [6, 6.07) is 12.0. The molecule has 0 spiro atoms. The second-order valence-electron chi connectivity index (χ2n) is 3.97. The monoisotopic (exact) mass is 263 g/mol. The Labute approximate surface area is 107 Å². The van der Waals surface area contributed by atoms with Crippen LogP contribution in [0.2, 0.25) is 0 Å². The average molecular weight is 263 g/mol. The van der Waals surface area contributed by atoms with Crippen molar-refractivity contribution in [3.63, 3.8) is 0 Å². The summed E-state index contributed by atoms with van der Waals surface area (Å²) >= 11 is 0. The van der Waals surface area contributed by atoms with E-state index < -0.39 is 22.8 Å². The number of carboxylic acids is 1. The van der Waals surface area contributed by atoms with Crippen LogP contribution in [0.3, 0.4) is 0 Å². The molecule has 0 aliphatic rings. The SMILES string of the molecule is NC(CS(=O)c1ccc2ccccc2c1)C(=O)O. The van der Waals surface area contributed by atoms with Crippen LogP contribution in [0.25, 0.3) is 10.8 Å². The van der Waals surface area contributed by atoms with Crippen LogP contribution in [-0.2, 0) is 15.6 Å². The highest BCUT2D eigenvalue weighted by Crippen LogP contribution is 2.18. The van der Waals surface area contributed by atoms with Gasteiger partial charge in [0.05, 0.1) is 16.6 Å². The van der Waals surface area contributed by atoms with Gasteiger partial charge in [0.15, 0.2) is 0 Å². The van der Waals surface area contributed by atoms with Crippen molar-refractivity contribution in [1.29, 1.82) is 0 Å². The Hall–Kier alpha value is -1.72. The van der Waals surface area contributed by atoms with Gasteiger partial charge in [0.2, 0.25) is 0 Å². The molecule has 2 aromatic rings. The Kier molecular flexibility index (Phi) is 3.74. The Morgan fingerprint density at radius 3 is 2.56 bits per heavy atom. The maximum absolute atomic E-state index is 12.0. The first kappa shape index (κ1) is 12.7. The standard InChI is InChI=1S/C13H13NO3S/c14-12(13(15)16)8-18(17)11-6-5-9-3-1-2-4-10(9)7-11/h1-7,12H,8,14H2,(H,15,16). The van der Waals surface area contributed by atoms with Gasteiger partial charge in [-0.05, 0) is 22.9 Å². The number of fused-ring (bicyclic) bond motifs is 1. The van der Waals surface area contributed by atoms with Crippen molar-refractivity contribution in [3.05, 3.63) is 42.5 Å². The summed E-state index contributed by atoms with van der Waals surface area (Å²) in [7, 11) is -1.40. The molecule has 0 amide bonds. The van der Waals surface area contributed by atoms with Gasteiger partial charge in [0.25, 0.3) is 0 Å². The van der Waals surface area contributed by atoms with Gasteiger partial charge < -0.3 is 10.8 Å². The molecule has 2 unspecified atom stereocenters. The molecule has 0 radical (unpaired) electrons. The lowest BCUT2D eigenvalue weighted by molar-refractivity contribution is -0.137. The zero-order valence-electron chi connectivity index (χ0n) is 9.58. The maximum atomic E-state index is 12.0. The second kappa shape index (κ2) is 5.29. The van der Waals surface area contributed by atoms with Crippen molar-refractivity contribution in [3.8, 4) is 0 Å². The summed E-state index contributed by atoms with van der Waals surface area (Å²) in [6.07, 6.45) is 0. The fraction of sp³-hybridized carbons (Fsp3) is 0.154. The minimum Gasteiger partial charge on any atom is -0.480 e. The van der Waals surface area contributed by atoms with E-state index in [4.69, 9.17) is 10.8 Å². The predicted molar refractivity (Wildman–Crippen MR) is 70.8 cm³/mol. The smallest absolute Gasteiger partial charge is 0.321 e. The van der Waals surface area contributed by atoms with Gasteiger partial charge in [0, 0.05) is 4.90 Å². The van der Waals surface area contributed by atoms with E-state index in [1.165, 1.54) is 0 Å². The highest BCUT2D eigenvalue weighted by Gasteiger charge is 2.16. The largest absolute Gasteiger partial charge is 0.480 e. The van der Waals surface area contributed by atoms with E-state index in [0.717, 1.165) is 10.8 Å². The van der Waals surface area contributed by atoms with Gasteiger partial charge in [-0.3, -0.25) is 9.00 Å². The molecule has 0 saturated heterocycles. The number of rotatable bonds is 4. The van der Waals surface area contributed by atoms with Gasteiger partial charge in [0.1, 0.15) is 6.04 Å². The third-order valence-electron chi connectivity index (χ3n) is 2.63. The first-order valence-electron chi connectivity index (χ1n) is 5.43. The fourth-order valence-corrected chi connectivity index (χ4v) is 2.78. The summed E-state index contributed by atoms with van der Waals surface area (Å²) in [5.41, 5.74) is 5.37. The highest BCUT2D eigenvalue weighted by molar-refractivity contribution is 7.85. The van der Waals surface area contributed by atoms with Crippen LogP contribution in [0.4, 0.5) is 0 Å². The van der Waals surface area contributed by atoms with Crippen LogP contribution in [0.1, 0.15) is 0 Å². The summed E-state index contributed by atoms with van der Waals surface area (Å²) < 4.78 is 12.0. The molecule has 0 fully saturated rings. The Morgan fingerprint density at radius 2 is 1.89 bits per heavy atom. The van der Waals surface area contributed by atoms with E-state index in [2.05, 4.69) is 0 Å². The van der Waals surface area contributed by atoms with Gasteiger partial charge in [-0.2, -0.15) is 0 Å². The molecule has 5 heteroatoms. The number of hydrogen-bond donors (Lipinski definition) is 2. The Morgan fingerprint density at radius 1 is 1.22 bits per heavy atom. The third kappa shape index (κ3) is 2.75. The molecule has 3 N–H and O–H groups in total. The summed E-state index contributed by atoms with van der Waals surface area (Å²) in [5, 5.41) is 10.7. The van der Waals surface area contributed by atoms with Crippen LogP contribution >= 0.6 is 0 Å². The molecule has 0 aromatic heterocycles. The number of carbonyl (C=O) groups is 1. The number of hydrogen-bond acceptors (Lipinski definition) is 3. The molecular weight excluding hydrogens is 250 g/mol. The van der Waals surface area contributed by atoms with Crippen molar-refractivity contribution in [2.24, 2.45) is 5.73 Å². The van der Waals surface area contributed by atoms with Gasteiger partial charge in [-0.1, -0.05) is 30.3 Å². The lowest BCUT2D eigenvalue weighted by Gasteiger charge is -2.07. The first-order chi connectivity index (χ1) is 8.58. The van der Waals surface area contributed by atoms with E-state index >= 15 is 0 Å². The molecule has 2 rings (SSSR count). The average Bonchev–Trinajstić information content (AvgIpc) is 2.37. The van der Waals surface area contributed by atoms with Crippen molar-refractivity contribution in [1.82, 2.24) is 0 Å². The van der Waals surface area contributed by atoms with E-state index in [1.54, 1.807) is 12.1 Å². The Bertz CT molecular complexity index is 612. The van der Waals surface area contributed by atoms with Crippen LogP contribution in [-0.4, -0.2) is 27.1 Å². The lowest BCUT2D eigenvalue weighted by atomic mass is 10.1. The van der Waals surface area contributed by atoms with Gasteiger partial charge in [-0.25, -0.2) is 0 Å². The maximum Gasteiger partial charge on any atom is 0.321 e. The fourth-order valence-electron chi connectivity index (χ4n) is 1.64. The minimum absolute atomic E-state index is 0.0757. The van der Waals surface area contributed by atoms with E-state index in [9.17, 15) is 9.00 Å². The van der Waals surface area contributed by atoms with E-state index in [1.807, 2.05) is 30.3 Å². The molecule has 2 atom stereocenters. The van der Waals surface area contributed by atoms with Gasteiger partial charge >= 0.3 is 5.97 Å². The molecule has 0 aliphatic heterocycles. The molecule has 4 nitrogen and oxygen atoms in total. The minimum atomic E-state index is -1.40. The zero-order chi connectivity index (χ0) is 13.1. The second-order valence-corrected chi connectivity index (χ2v) is 5.46.